The van der Waals surface area contributed by atoms with Crippen molar-refractivity contribution in [3.8, 4) is 17.3 Å². The molecular weight excluding hydrogens is 400 g/mol. The van der Waals surface area contributed by atoms with Gasteiger partial charge in [0.05, 0.1) is 24.5 Å². The Morgan fingerprint density at radius 3 is 2.69 bits per heavy atom. The third-order valence-corrected chi connectivity index (χ3v) is 5.96. The molecule has 2 aromatic heterocycles. The number of nitriles is 1. The highest BCUT2D eigenvalue weighted by atomic mass is 31.0. The van der Waals surface area contributed by atoms with E-state index in [4.69, 9.17) is 11.5 Å². The zero-order valence-electron chi connectivity index (χ0n) is 15.7. The smallest absolute Gasteiger partial charge is 0.222 e. The van der Waals surface area contributed by atoms with Gasteiger partial charge in [-0.25, -0.2) is 9.97 Å². The van der Waals surface area contributed by atoms with Crippen molar-refractivity contribution in [3.63, 3.8) is 0 Å². The standard InChI is InChI=1S/C20H19N7P2/c1-10-5-12(22)6-15(28)14(10)8-27-9-24-17-16(25-20(23)26-19(17)27)13-4-2-3-11(7-21)18(13)29/h2-6,9H,8,22,28-29H2,1H3,(H2,23,25,26). The summed E-state index contributed by atoms with van der Waals surface area (Å²) in [4.78, 5) is 13.4. The van der Waals surface area contributed by atoms with Gasteiger partial charge in [-0.15, -0.1) is 18.5 Å². The van der Waals surface area contributed by atoms with E-state index in [1.807, 2.05) is 35.8 Å². The Bertz CT molecular complexity index is 1280. The molecule has 4 N–H and O–H groups in total. The van der Waals surface area contributed by atoms with Crippen LogP contribution in [0.15, 0.2) is 36.7 Å². The molecule has 0 bridgehead atoms. The van der Waals surface area contributed by atoms with E-state index in [1.165, 1.54) is 0 Å². The van der Waals surface area contributed by atoms with Gasteiger partial charge >= 0.3 is 0 Å². The van der Waals surface area contributed by atoms with Crippen LogP contribution in [0.1, 0.15) is 16.7 Å². The van der Waals surface area contributed by atoms with Crippen LogP contribution in [0.25, 0.3) is 22.4 Å². The van der Waals surface area contributed by atoms with Gasteiger partial charge in [0.15, 0.2) is 5.65 Å². The molecule has 0 aliphatic heterocycles. The van der Waals surface area contributed by atoms with Gasteiger partial charge in [-0.1, -0.05) is 12.1 Å². The second-order valence-corrected chi connectivity index (χ2v) is 7.96. The summed E-state index contributed by atoms with van der Waals surface area (Å²) in [5.41, 5.74) is 18.1. The van der Waals surface area contributed by atoms with Crippen molar-refractivity contribution in [2.24, 2.45) is 0 Å². The molecule has 29 heavy (non-hydrogen) atoms. The van der Waals surface area contributed by atoms with Gasteiger partial charge in [0.2, 0.25) is 5.95 Å². The number of anilines is 2. The quantitative estimate of drug-likeness (QED) is 0.387. The van der Waals surface area contributed by atoms with Crippen molar-refractivity contribution in [3.05, 3.63) is 53.3 Å². The summed E-state index contributed by atoms with van der Waals surface area (Å²) in [5, 5.41) is 11.1. The molecular formula is C20H19N7P2. The average molecular weight is 419 g/mol. The fourth-order valence-corrected chi connectivity index (χ4v) is 4.30. The molecule has 0 saturated carbocycles. The fourth-order valence-electron chi connectivity index (χ4n) is 3.39. The predicted octanol–water partition coefficient (Wildman–Crippen LogP) is 1.89. The highest BCUT2D eigenvalue weighted by molar-refractivity contribution is 7.28. The summed E-state index contributed by atoms with van der Waals surface area (Å²) < 4.78 is 1.94. The Morgan fingerprint density at radius 1 is 1.17 bits per heavy atom. The molecule has 9 heteroatoms. The number of imidazole rings is 1. The Morgan fingerprint density at radius 2 is 1.97 bits per heavy atom. The fraction of sp³-hybridized carbons (Fsp3) is 0.100. The van der Waals surface area contributed by atoms with E-state index in [-0.39, 0.29) is 5.95 Å². The summed E-state index contributed by atoms with van der Waals surface area (Å²) in [6.45, 7) is 2.60. The molecule has 0 fully saturated rings. The van der Waals surface area contributed by atoms with Crippen LogP contribution in [0.5, 0.6) is 0 Å². The lowest BCUT2D eigenvalue weighted by atomic mass is 10.1. The Kier molecular flexibility index (Phi) is 4.92. The number of rotatable bonds is 3. The minimum atomic E-state index is 0.154. The van der Waals surface area contributed by atoms with Crippen LogP contribution in [0, 0.1) is 18.3 Å². The number of fused-ring (bicyclic) bond motifs is 1. The molecule has 2 heterocycles. The summed E-state index contributed by atoms with van der Waals surface area (Å²) in [5.74, 6) is 0.154. The van der Waals surface area contributed by atoms with Gasteiger partial charge in [-0.05, 0) is 46.9 Å². The molecule has 2 unspecified atom stereocenters. The maximum atomic E-state index is 9.35. The third kappa shape index (κ3) is 3.42. The molecule has 2 atom stereocenters. The van der Waals surface area contributed by atoms with Crippen LogP contribution in [-0.4, -0.2) is 19.5 Å². The first-order chi connectivity index (χ1) is 13.9. The number of hydrogen-bond acceptors (Lipinski definition) is 6. The normalized spacial score (nSPS) is 11.0. The molecule has 4 rings (SSSR count). The van der Waals surface area contributed by atoms with Crippen LogP contribution in [0.2, 0.25) is 0 Å². The minimum absolute atomic E-state index is 0.154. The lowest BCUT2D eigenvalue weighted by molar-refractivity contribution is 0.813. The second-order valence-electron chi connectivity index (χ2n) is 6.76. The Balaban J connectivity index is 1.89. The zero-order chi connectivity index (χ0) is 20.7. The van der Waals surface area contributed by atoms with E-state index in [1.54, 1.807) is 12.4 Å². The van der Waals surface area contributed by atoms with Crippen molar-refractivity contribution in [1.29, 1.82) is 5.26 Å². The van der Waals surface area contributed by atoms with Gasteiger partial charge in [-0.3, -0.25) is 0 Å². The lowest BCUT2D eigenvalue weighted by Crippen LogP contribution is -2.12. The number of nitrogens with two attached hydrogens (primary N) is 2. The number of aromatic nitrogens is 4. The van der Waals surface area contributed by atoms with Crippen LogP contribution in [0.3, 0.4) is 0 Å². The Hall–Kier alpha value is -3.06. The van der Waals surface area contributed by atoms with Gasteiger partial charge in [0, 0.05) is 11.3 Å². The SMILES string of the molecule is Cc1cc(N)cc(P)c1Cn1cnc2c(-c3cccc(C#N)c3P)nc(N)nc21. The van der Waals surface area contributed by atoms with E-state index >= 15 is 0 Å². The summed E-state index contributed by atoms with van der Waals surface area (Å²) in [7, 11) is 5.34. The molecule has 0 saturated heterocycles. The minimum Gasteiger partial charge on any atom is -0.399 e. The molecule has 144 valence electrons. The molecule has 2 aromatic carbocycles. The van der Waals surface area contributed by atoms with Crippen molar-refractivity contribution in [2.75, 3.05) is 11.5 Å². The number of nitrogens with zero attached hydrogens (tertiary/aromatic N) is 5. The van der Waals surface area contributed by atoms with Crippen LogP contribution in [0.4, 0.5) is 11.6 Å². The largest absolute Gasteiger partial charge is 0.399 e. The predicted molar refractivity (Wildman–Crippen MR) is 123 cm³/mol. The maximum Gasteiger partial charge on any atom is 0.222 e. The van der Waals surface area contributed by atoms with Crippen molar-refractivity contribution in [2.45, 2.75) is 13.5 Å². The van der Waals surface area contributed by atoms with Crippen molar-refractivity contribution in [1.82, 2.24) is 19.5 Å². The van der Waals surface area contributed by atoms with E-state index in [9.17, 15) is 5.26 Å². The number of hydrogen-bond donors (Lipinski definition) is 2. The highest BCUT2D eigenvalue weighted by Crippen LogP contribution is 2.27. The van der Waals surface area contributed by atoms with Gasteiger partial charge in [0.25, 0.3) is 0 Å². The number of aryl methyl sites for hydroxylation is 1. The topological polar surface area (TPSA) is 119 Å². The monoisotopic (exact) mass is 419 g/mol. The summed E-state index contributed by atoms with van der Waals surface area (Å²) >= 11 is 0. The van der Waals surface area contributed by atoms with Gasteiger partial charge < -0.3 is 16.0 Å². The first-order valence-corrected chi connectivity index (χ1v) is 9.96. The zero-order valence-corrected chi connectivity index (χ0v) is 18.0. The molecule has 4 aromatic rings. The van der Waals surface area contributed by atoms with E-state index in [0.29, 0.717) is 29.0 Å². The van der Waals surface area contributed by atoms with Crippen LogP contribution in [-0.2, 0) is 6.54 Å². The third-order valence-electron chi connectivity index (χ3n) is 4.82. The molecule has 0 amide bonds. The number of benzene rings is 2. The highest BCUT2D eigenvalue weighted by Gasteiger charge is 2.17. The Labute approximate surface area is 172 Å². The van der Waals surface area contributed by atoms with Crippen LogP contribution >= 0.6 is 18.5 Å². The van der Waals surface area contributed by atoms with E-state index in [0.717, 1.165) is 33.0 Å². The van der Waals surface area contributed by atoms with Crippen LogP contribution < -0.4 is 22.1 Å². The van der Waals surface area contributed by atoms with Crippen molar-refractivity contribution < 1.29 is 0 Å². The van der Waals surface area contributed by atoms with Gasteiger partial charge in [-0.2, -0.15) is 10.2 Å². The first-order valence-electron chi connectivity index (χ1n) is 8.80. The molecule has 0 radical (unpaired) electrons. The van der Waals surface area contributed by atoms with Gasteiger partial charge in [0.1, 0.15) is 11.2 Å². The maximum absolute atomic E-state index is 9.35. The number of nitrogen functional groups attached to an aromatic ring is 2. The van der Waals surface area contributed by atoms with E-state index in [2.05, 4.69) is 39.5 Å². The second kappa shape index (κ2) is 7.40. The lowest BCUT2D eigenvalue weighted by Gasteiger charge is -2.12. The summed E-state index contributed by atoms with van der Waals surface area (Å²) in [6.07, 6.45) is 1.73. The molecule has 0 aliphatic carbocycles. The van der Waals surface area contributed by atoms with E-state index < -0.39 is 0 Å². The summed E-state index contributed by atoms with van der Waals surface area (Å²) in [6, 6.07) is 11.5. The first kappa shape index (κ1) is 19.3. The molecule has 0 aliphatic rings. The average Bonchev–Trinajstić information content (AvgIpc) is 3.07. The molecule has 7 nitrogen and oxygen atoms in total. The molecule has 0 spiro atoms. The van der Waals surface area contributed by atoms with Crippen molar-refractivity contribution >= 4 is 51.9 Å².